The molecule has 1 aliphatic heterocycles. The molecule has 21 nitrogen and oxygen atoms in total. The molecule has 1 aliphatic rings. The second kappa shape index (κ2) is 24.5. The van der Waals surface area contributed by atoms with E-state index in [9.17, 15) is 43.2 Å². The first-order chi connectivity index (χ1) is 31.7. The van der Waals surface area contributed by atoms with Gasteiger partial charge in [0.2, 0.25) is 53.2 Å². The van der Waals surface area contributed by atoms with Crippen LogP contribution < -0.4 is 48.3 Å². The van der Waals surface area contributed by atoms with E-state index < -0.39 is 96.0 Å². The van der Waals surface area contributed by atoms with Gasteiger partial charge in [0.05, 0.1) is 12.9 Å². The number of imidazole rings is 1. The number of rotatable bonds is 15. The van der Waals surface area contributed by atoms with Crippen molar-refractivity contribution in [2.75, 3.05) is 13.1 Å². The number of nitrogens with zero attached hydrogens (tertiary/aromatic N) is 1. The van der Waals surface area contributed by atoms with E-state index in [2.05, 4.69) is 57.5 Å². The van der Waals surface area contributed by atoms with Crippen LogP contribution in [0.4, 0.5) is 0 Å². The van der Waals surface area contributed by atoms with Gasteiger partial charge in [0.1, 0.15) is 36.3 Å². The Morgan fingerprint density at radius 1 is 0.803 bits per heavy atom. The summed E-state index contributed by atoms with van der Waals surface area (Å²) in [6.45, 7) is 2.35. The number of carbonyl (C=O) groups is 9. The average Bonchev–Trinajstić information content (AvgIpc) is 3.97. The lowest BCUT2D eigenvalue weighted by atomic mass is 10.0. The smallest absolute Gasteiger partial charge is 0.243 e. The van der Waals surface area contributed by atoms with E-state index in [1.54, 1.807) is 36.5 Å². The number of para-hydroxylation sites is 1. The third kappa shape index (κ3) is 15.0. The topological polar surface area (TPSA) is 320 Å². The number of H-pyrrole nitrogens is 2. The molecule has 4 aromatic rings. The third-order valence-electron chi connectivity index (χ3n) is 10.9. The fraction of sp³-hybridized carbons (Fsp3) is 0.422. The molecule has 0 saturated carbocycles. The summed E-state index contributed by atoms with van der Waals surface area (Å²) in [5.74, 6) is -6.59. The van der Waals surface area contributed by atoms with Crippen LogP contribution in [0.3, 0.4) is 0 Å². The molecule has 2 aromatic heterocycles. The Morgan fingerprint density at radius 2 is 1.53 bits per heavy atom. The Morgan fingerprint density at radius 3 is 2.24 bits per heavy atom. The molecule has 0 bridgehead atoms. The molecular formula is C45H58N12O9. The highest BCUT2D eigenvalue weighted by molar-refractivity contribution is 5.97. The number of fused-ring (bicyclic) bond motifs is 1. The van der Waals surface area contributed by atoms with E-state index in [1.807, 2.05) is 31.2 Å². The highest BCUT2D eigenvalue weighted by Crippen LogP contribution is 2.19. The summed E-state index contributed by atoms with van der Waals surface area (Å²) >= 11 is 0. The maximum atomic E-state index is 14.2. The number of carbonyl (C=O) groups excluding carboxylic acids is 9. The van der Waals surface area contributed by atoms with Crippen molar-refractivity contribution in [3.8, 4) is 0 Å². The largest absolute Gasteiger partial charge is 0.368 e. The number of amides is 9. The Hall–Kier alpha value is -7.58. The number of aromatic amines is 2. The van der Waals surface area contributed by atoms with Crippen molar-refractivity contribution in [3.05, 3.63) is 90.1 Å². The second-order valence-corrected chi connectivity index (χ2v) is 16.1. The van der Waals surface area contributed by atoms with Crippen molar-refractivity contribution in [2.24, 2.45) is 5.73 Å². The predicted octanol–water partition coefficient (Wildman–Crippen LogP) is -1.06. The highest BCUT2D eigenvalue weighted by atomic mass is 16.2. The minimum Gasteiger partial charge on any atom is -0.368 e. The highest BCUT2D eigenvalue weighted by Gasteiger charge is 2.33. The summed E-state index contributed by atoms with van der Waals surface area (Å²) in [6.07, 6.45) is 5.15. The second-order valence-electron chi connectivity index (χ2n) is 16.1. The van der Waals surface area contributed by atoms with Crippen LogP contribution in [-0.4, -0.2) is 117 Å². The number of primary amides is 1. The Balaban J connectivity index is 1.43. The summed E-state index contributed by atoms with van der Waals surface area (Å²) in [5, 5.41) is 21.8. The monoisotopic (exact) mass is 910 g/mol. The molecular weight excluding hydrogens is 853 g/mol. The lowest BCUT2D eigenvalue weighted by Gasteiger charge is -2.26. The number of hydrogen-bond donors (Lipinski definition) is 11. The molecule has 0 spiro atoms. The van der Waals surface area contributed by atoms with Crippen LogP contribution in [-0.2, 0) is 62.4 Å². The first kappa shape index (κ1) is 49.4. The molecule has 352 valence electrons. The number of unbranched alkanes of at least 4 members (excludes halogenated alkanes) is 1. The molecule has 5 rings (SSSR count). The van der Waals surface area contributed by atoms with Crippen LogP contribution >= 0.6 is 0 Å². The standard InChI is InChI=1S/C45H58N12O9/c1-3-4-13-32(52-26(2)58)42(63)54-33-15-16-38(59)48-18-17-34(44(65)55-35(40(46)61)20-28-22-49-31-14-9-8-12-30(28)31)53-39(60)24-50-41(62)36(19-27-10-6-5-7-11-27)56-45(66)37(57-43(33)64)21-29-23-47-25-51-29/h5-12,14,22-23,25,32-37,49H,3-4,13,15-21,24H2,1-2H3,(H2,46,61)(H,47,51)(H,48,59)(H,50,62)(H,52,58)(H,53,60)(H,54,63)(H,55,65)(H,56,66)(H,57,64)/t32-,33-,34?,35-,36+,37-/m0/s1. The lowest BCUT2D eigenvalue weighted by molar-refractivity contribution is -0.135. The van der Waals surface area contributed by atoms with Gasteiger partial charge in [-0.15, -0.1) is 0 Å². The zero-order valence-electron chi connectivity index (χ0n) is 36.9. The zero-order valence-corrected chi connectivity index (χ0v) is 36.9. The van der Waals surface area contributed by atoms with E-state index in [0.29, 0.717) is 29.7 Å². The van der Waals surface area contributed by atoms with Crippen LogP contribution in [0.25, 0.3) is 10.9 Å². The van der Waals surface area contributed by atoms with Gasteiger partial charge in [0.25, 0.3) is 0 Å². The Bertz CT molecular complexity index is 2340. The van der Waals surface area contributed by atoms with Gasteiger partial charge in [-0.1, -0.05) is 68.3 Å². The molecule has 1 unspecified atom stereocenters. The van der Waals surface area contributed by atoms with E-state index in [4.69, 9.17) is 5.73 Å². The lowest BCUT2D eigenvalue weighted by Crippen LogP contribution is -2.59. The first-order valence-electron chi connectivity index (χ1n) is 21.9. The van der Waals surface area contributed by atoms with Crippen LogP contribution in [0, 0.1) is 0 Å². The van der Waals surface area contributed by atoms with Gasteiger partial charge in [0, 0.05) is 68.1 Å². The van der Waals surface area contributed by atoms with Gasteiger partial charge in [-0.05, 0) is 36.5 Å². The van der Waals surface area contributed by atoms with Crippen molar-refractivity contribution >= 4 is 64.1 Å². The fourth-order valence-electron chi connectivity index (χ4n) is 7.43. The van der Waals surface area contributed by atoms with Crippen LogP contribution in [0.1, 0.15) is 69.2 Å². The number of hydrogen-bond acceptors (Lipinski definition) is 10. The Labute approximate surface area is 380 Å². The molecule has 0 aliphatic carbocycles. The molecule has 1 fully saturated rings. The van der Waals surface area contributed by atoms with Gasteiger partial charge in [-0.2, -0.15) is 0 Å². The maximum absolute atomic E-state index is 14.2. The number of nitrogens with two attached hydrogens (primary N) is 1. The van der Waals surface area contributed by atoms with Gasteiger partial charge in [-0.3, -0.25) is 43.2 Å². The third-order valence-corrected chi connectivity index (χ3v) is 10.9. The number of nitrogens with one attached hydrogen (secondary N) is 10. The summed E-state index contributed by atoms with van der Waals surface area (Å²) in [4.78, 5) is 131. The molecule has 0 radical (unpaired) electrons. The summed E-state index contributed by atoms with van der Waals surface area (Å²) < 4.78 is 0. The summed E-state index contributed by atoms with van der Waals surface area (Å²) in [6, 6.07) is 8.51. The number of aromatic nitrogens is 3. The molecule has 6 atom stereocenters. The van der Waals surface area contributed by atoms with Gasteiger partial charge in [-0.25, -0.2) is 4.98 Å². The van der Waals surface area contributed by atoms with Crippen LogP contribution in [0.15, 0.2) is 73.3 Å². The van der Waals surface area contributed by atoms with Gasteiger partial charge < -0.3 is 58.2 Å². The quantitative estimate of drug-likeness (QED) is 0.0687. The van der Waals surface area contributed by atoms with Crippen LogP contribution in [0.5, 0.6) is 0 Å². The molecule has 12 N–H and O–H groups in total. The van der Waals surface area contributed by atoms with Crippen LogP contribution in [0.2, 0.25) is 0 Å². The van der Waals surface area contributed by atoms with E-state index in [-0.39, 0.29) is 51.5 Å². The zero-order chi connectivity index (χ0) is 47.6. The van der Waals surface area contributed by atoms with Gasteiger partial charge >= 0.3 is 0 Å². The van der Waals surface area contributed by atoms with Gasteiger partial charge in [0.15, 0.2) is 0 Å². The molecule has 3 heterocycles. The normalized spacial score (nSPS) is 20.1. The maximum Gasteiger partial charge on any atom is 0.243 e. The fourth-order valence-corrected chi connectivity index (χ4v) is 7.43. The average molecular weight is 911 g/mol. The van der Waals surface area contributed by atoms with Crippen molar-refractivity contribution in [3.63, 3.8) is 0 Å². The van der Waals surface area contributed by atoms with Crippen molar-refractivity contribution in [2.45, 2.75) is 108 Å². The van der Waals surface area contributed by atoms with E-state index >= 15 is 0 Å². The molecule has 21 heteroatoms. The van der Waals surface area contributed by atoms with Crippen molar-refractivity contribution in [1.82, 2.24) is 57.5 Å². The summed E-state index contributed by atoms with van der Waals surface area (Å²) in [5.41, 5.74) is 8.34. The van der Waals surface area contributed by atoms with Crippen molar-refractivity contribution < 1.29 is 43.2 Å². The SMILES string of the molecule is CCCC[C@H](NC(C)=O)C(=O)N[C@H]1CCC(=O)NCCC(C(=O)N[C@@H](Cc2c[nH]c3ccccc23)C(N)=O)NC(=O)CNC(=O)[C@@H](Cc2ccccc2)NC(=O)[C@H](Cc2cnc[nH]2)NC1=O. The number of benzene rings is 2. The summed E-state index contributed by atoms with van der Waals surface area (Å²) in [7, 11) is 0. The molecule has 9 amide bonds. The Kier molecular flexibility index (Phi) is 18.3. The predicted molar refractivity (Wildman–Crippen MR) is 240 cm³/mol. The van der Waals surface area contributed by atoms with E-state index in [1.165, 1.54) is 19.4 Å². The van der Waals surface area contributed by atoms with Crippen molar-refractivity contribution in [1.29, 1.82) is 0 Å². The minimum atomic E-state index is -1.40. The molecule has 1 saturated heterocycles. The minimum absolute atomic E-state index is 0.0191. The molecule has 66 heavy (non-hydrogen) atoms. The first-order valence-corrected chi connectivity index (χ1v) is 21.9. The molecule has 2 aromatic carbocycles. The van der Waals surface area contributed by atoms with E-state index in [0.717, 1.165) is 10.9 Å².